The molecule has 0 radical (unpaired) electrons. The van der Waals surface area contributed by atoms with Crippen LogP contribution in [-0.4, -0.2) is 48.8 Å². The minimum atomic E-state index is -0.487. The lowest BCUT2D eigenvalue weighted by Gasteiger charge is -2.23. The summed E-state index contributed by atoms with van der Waals surface area (Å²) in [5, 5.41) is 0.598. The predicted molar refractivity (Wildman–Crippen MR) is 126 cm³/mol. The first kappa shape index (κ1) is 21.5. The molecule has 1 aliphatic rings. The zero-order valence-electron chi connectivity index (χ0n) is 18.6. The summed E-state index contributed by atoms with van der Waals surface area (Å²) in [6, 6.07) is 6.00. The lowest BCUT2D eigenvalue weighted by atomic mass is 10.2. The van der Waals surface area contributed by atoms with Gasteiger partial charge in [0.2, 0.25) is 5.91 Å². The van der Waals surface area contributed by atoms with Gasteiger partial charge in [-0.05, 0) is 37.5 Å². The highest BCUT2D eigenvalue weighted by molar-refractivity contribution is 7.22. The maximum atomic E-state index is 13.5. The number of anilines is 1. The summed E-state index contributed by atoms with van der Waals surface area (Å²) >= 11 is 1.46. The van der Waals surface area contributed by atoms with E-state index >= 15 is 0 Å². The Morgan fingerprint density at radius 3 is 2.85 bits per heavy atom. The number of imidazole rings is 1. The Kier molecular flexibility index (Phi) is 5.37. The fourth-order valence-electron chi connectivity index (χ4n) is 4.16. The molecule has 11 heteroatoms. The number of ether oxygens (including phenoxy) is 1. The van der Waals surface area contributed by atoms with E-state index in [0.717, 1.165) is 33.2 Å². The Hall–Kier alpha value is -3.31. The van der Waals surface area contributed by atoms with Crippen LogP contribution in [0.3, 0.4) is 0 Å². The summed E-state index contributed by atoms with van der Waals surface area (Å²) in [6.45, 7) is 2.99. The number of benzene rings is 1. The maximum absolute atomic E-state index is 13.5. The summed E-state index contributed by atoms with van der Waals surface area (Å²) in [6.07, 6.45) is 3.21. The van der Waals surface area contributed by atoms with Gasteiger partial charge in [-0.15, -0.1) is 0 Å². The zero-order chi connectivity index (χ0) is 23.3. The normalized spacial score (nSPS) is 16.2. The molecule has 33 heavy (non-hydrogen) atoms. The molecule has 5 rings (SSSR count). The van der Waals surface area contributed by atoms with Crippen LogP contribution < -0.4 is 16.1 Å². The highest BCUT2D eigenvalue weighted by atomic mass is 32.1. The van der Waals surface area contributed by atoms with Crippen LogP contribution in [0.5, 0.6) is 0 Å². The van der Waals surface area contributed by atoms with Crippen molar-refractivity contribution in [1.29, 1.82) is 0 Å². The zero-order valence-corrected chi connectivity index (χ0v) is 19.5. The lowest BCUT2D eigenvalue weighted by molar-refractivity contribution is -0.119. The Bertz CT molecular complexity index is 1490. The molecule has 172 valence electrons. The molecule has 0 aliphatic carbocycles. The van der Waals surface area contributed by atoms with Gasteiger partial charge in [0.25, 0.3) is 5.56 Å². The summed E-state index contributed by atoms with van der Waals surface area (Å²) < 4.78 is 10.6. The number of thiazole rings is 1. The van der Waals surface area contributed by atoms with Crippen LogP contribution in [0.15, 0.2) is 34.1 Å². The van der Waals surface area contributed by atoms with E-state index in [-0.39, 0.29) is 29.7 Å². The SMILES string of the molecule is Cc1ccc2nc(N(CC3CCCO3)C(=O)Cn3cnc4c3c(=O)n(C)c(=O)n4C)sc2c1. The average Bonchev–Trinajstić information content (AvgIpc) is 3.54. The van der Waals surface area contributed by atoms with Crippen LogP contribution in [0.2, 0.25) is 0 Å². The molecule has 1 saturated heterocycles. The molecule has 4 heterocycles. The van der Waals surface area contributed by atoms with Crippen molar-refractivity contribution in [3.8, 4) is 0 Å². The van der Waals surface area contributed by atoms with E-state index in [2.05, 4.69) is 11.1 Å². The molecule has 1 unspecified atom stereocenters. The van der Waals surface area contributed by atoms with Crippen LogP contribution in [0, 0.1) is 6.92 Å². The van der Waals surface area contributed by atoms with Crippen molar-refractivity contribution in [2.24, 2.45) is 14.1 Å². The van der Waals surface area contributed by atoms with E-state index in [0.29, 0.717) is 18.3 Å². The number of aryl methyl sites for hydroxylation is 2. The van der Waals surface area contributed by atoms with Gasteiger partial charge in [-0.25, -0.2) is 14.8 Å². The molecule has 3 aromatic heterocycles. The largest absolute Gasteiger partial charge is 0.376 e. The molecule has 1 aromatic carbocycles. The van der Waals surface area contributed by atoms with Crippen molar-refractivity contribution in [2.75, 3.05) is 18.1 Å². The number of amides is 1. The minimum absolute atomic E-state index is 0.0593. The topological polar surface area (TPSA) is 104 Å². The van der Waals surface area contributed by atoms with E-state index in [4.69, 9.17) is 9.72 Å². The molecular weight excluding hydrogens is 444 g/mol. The number of carbonyl (C=O) groups excluding carboxylic acids is 1. The number of nitrogens with zero attached hydrogens (tertiary/aromatic N) is 6. The third-order valence-corrected chi connectivity index (χ3v) is 7.04. The molecule has 0 spiro atoms. The summed E-state index contributed by atoms with van der Waals surface area (Å²) in [5.74, 6) is -0.225. The van der Waals surface area contributed by atoms with E-state index in [1.54, 1.807) is 11.9 Å². The third kappa shape index (κ3) is 3.76. The quantitative estimate of drug-likeness (QED) is 0.440. The smallest absolute Gasteiger partial charge is 0.332 e. The van der Waals surface area contributed by atoms with Crippen LogP contribution in [0.4, 0.5) is 5.13 Å². The number of carbonyl (C=O) groups is 1. The Morgan fingerprint density at radius 1 is 1.27 bits per heavy atom. The van der Waals surface area contributed by atoms with Gasteiger partial charge in [0.15, 0.2) is 16.3 Å². The molecular formula is C22H24N6O4S. The molecule has 1 fully saturated rings. The van der Waals surface area contributed by atoms with Gasteiger partial charge in [0.1, 0.15) is 6.54 Å². The second kappa shape index (κ2) is 8.23. The molecule has 0 saturated carbocycles. The highest BCUT2D eigenvalue weighted by Gasteiger charge is 2.27. The standard InChI is InChI=1S/C22H24N6O4S/c1-13-6-7-15-16(9-13)33-21(24-15)28(10-14-5-4-8-32-14)17(29)11-27-12-23-19-18(27)20(30)26(3)22(31)25(19)2/h6-7,9,12,14H,4-5,8,10-11H2,1-3H3. The van der Waals surface area contributed by atoms with Crippen molar-refractivity contribution in [3.05, 3.63) is 50.9 Å². The van der Waals surface area contributed by atoms with Gasteiger partial charge in [-0.1, -0.05) is 17.4 Å². The fraction of sp³-hybridized carbons (Fsp3) is 0.409. The second-order valence-corrected chi connectivity index (χ2v) is 9.37. The summed E-state index contributed by atoms with van der Waals surface area (Å²) in [7, 11) is 2.96. The second-order valence-electron chi connectivity index (χ2n) is 8.36. The first-order chi connectivity index (χ1) is 15.8. The number of hydrogen-bond acceptors (Lipinski definition) is 7. The van der Waals surface area contributed by atoms with E-state index in [9.17, 15) is 14.4 Å². The maximum Gasteiger partial charge on any atom is 0.332 e. The number of aromatic nitrogens is 5. The number of hydrogen-bond donors (Lipinski definition) is 0. The lowest BCUT2D eigenvalue weighted by Crippen LogP contribution is -2.40. The van der Waals surface area contributed by atoms with Crippen LogP contribution >= 0.6 is 11.3 Å². The van der Waals surface area contributed by atoms with Crippen LogP contribution in [0.1, 0.15) is 18.4 Å². The van der Waals surface area contributed by atoms with Gasteiger partial charge in [-0.3, -0.25) is 23.6 Å². The van der Waals surface area contributed by atoms with E-state index < -0.39 is 11.2 Å². The molecule has 4 aromatic rings. The molecule has 10 nitrogen and oxygen atoms in total. The number of fused-ring (bicyclic) bond motifs is 2. The first-order valence-electron chi connectivity index (χ1n) is 10.7. The van der Waals surface area contributed by atoms with Gasteiger partial charge in [0.05, 0.1) is 29.2 Å². The molecule has 1 amide bonds. The minimum Gasteiger partial charge on any atom is -0.376 e. The van der Waals surface area contributed by atoms with Crippen molar-refractivity contribution in [1.82, 2.24) is 23.7 Å². The third-order valence-electron chi connectivity index (χ3n) is 6.00. The first-order valence-corrected chi connectivity index (χ1v) is 11.5. The van der Waals surface area contributed by atoms with Gasteiger partial charge < -0.3 is 9.30 Å². The molecule has 1 atom stereocenters. The predicted octanol–water partition coefficient (Wildman–Crippen LogP) is 1.56. The average molecular weight is 469 g/mol. The van der Waals surface area contributed by atoms with Gasteiger partial charge in [0, 0.05) is 20.7 Å². The van der Waals surface area contributed by atoms with Gasteiger partial charge in [-0.2, -0.15) is 0 Å². The summed E-state index contributed by atoms with van der Waals surface area (Å²) in [4.78, 5) is 49.1. The molecule has 0 N–H and O–H groups in total. The number of rotatable bonds is 5. The Morgan fingerprint density at radius 2 is 2.09 bits per heavy atom. The van der Waals surface area contributed by atoms with Crippen LogP contribution in [-0.2, 0) is 30.2 Å². The van der Waals surface area contributed by atoms with Crippen LogP contribution in [0.25, 0.3) is 21.4 Å². The monoisotopic (exact) mass is 468 g/mol. The molecule has 1 aliphatic heterocycles. The Labute approximate surface area is 192 Å². The summed E-state index contributed by atoms with van der Waals surface area (Å²) in [5.41, 5.74) is 1.47. The van der Waals surface area contributed by atoms with Crippen molar-refractivity contribution < 1.29 is 9.53 Å². The van der Waals surface area contributed by atoms with Gasteiger partial charge >= 0.3 is 5.69 Å². The Balaban J connectivity index is 1.53. The van der Waals surface area contributed by atoms with Crippen molar-refractivity contribution >= 4 is 43.8 Å². The van der Waals surface area contributed by atoms with Crippen molar-refractivity contribution in [2.45, 2.75) is 32.4 Å². The highest BCUT2D eigenvalue weighted by Crippen LogP contribution is 2.31. The molecule has 0 bridgehead atoms. The van der Waals surface area contributed by atoms with Crippen molar-refractivity contribution in [3.63, 3.8) is 0 Å². The van der Waals surface area contributed by atoms with E-state index in [1.807, 2.05) is 19.1 Å². The van der Waals surface area contributed by atoms with E-state index in [1.165, 1.54) is 33.8 Å². The fourth-order valence-corrected chi connectivity index (χ4v) is 5.25.